The zero-order valence-corrected chi connectivity index (χ0v) is 11.5. The molecular formula is C13H23NO5. The van der Waals surface area contributed by atoms with Gasteiger partial charge in [0.1, 0.15) is 11.8 Å². The number of amides is 1. The van der Waals surface area contributed by atoms with Gasteiger partial charge >= 0.3 is 5.97 Å². The van der Waals surface area contributed by atoms with Crippen molar-refractivity contribution < 1.29 is 24.6 Å². The first-order valence-corrected chi connectivity index (χ1v) is 6.58. The number of nitrogens with one attached hydrogen (secondary N) is 1. The fraction of sp³-hybridized carbons (Fsp3) is 0.769. The lowest BCUT2D eigenvalue weighted by Crippen LogP contribution is -2.43. The molecule has 1 unspecified atom stereocenters. The van der Waals surface area contributed by atoms with Gasteiger partial charge in [0.25, 0.3) is 0 Å². The molecule has 3 N–H and O–H groups in total. The van der Waals surface area contributed by atoms with E-state index in [-0.39, 0.29) is 18.6 Å². The van der Waals surface area contributed by atoms with Crippen molar-refractivity contribution in [1.82, 2.24) is 5.32 Å². The first-order chi connectivity index (χ1) is 8.86. The Morgan fingerprint density at radius 2 is 1.84 bits per heavy atom. The van der Waals surface area contributed by atoms with Gasteiger partial charge in [0.05, 0.1) is 12.5 Å². The predicted octanol–water partition coefficient (Wildman–Crippen LogP) is 0.866. The monoisotopic (exact) mass is 273 g/mol. The van der Waals surface area contributed by atoms with E-state index in [9.17, 15) is 14.4 Å². The highest BCUT2D eigenvalue weighted by Crippen LogP contribution is 2.03. The summed E-state index contributed by atoms with van der Waals surface area (Å²) in [4.78, 5) is 33.8. The van der Waals surface area contributed by atoms with Gasteiger partial charge in [-0.05, 0) is 13.3 Å². The third kappa shape index (κ3) is 9.18. The second-order valence-corrected chi connectivity index (χ2v) is 4.72. The number of carbonyl (C=O) groups excluding carboxylic acids is 2. The zero-order valence-electron chi connectivity index (χ0n) is 11.5. The summed E-state index contributed by atoms with van der Waals surface area (Å²) in [7, 11) is 0. The second-order valence-electron chi connectivity index (χ2n) is 4.72. The van der Waals surface area contributed by atoms with Crippen LogP contribution in [0.3, 0.4) is 0 Å². The van der Waals surface area contributed by atoms with Gasteiger partial charge in [0.15, 0.2) is 0 Å². The van der Waals surface area contributed by atoms with E-state index >= 15 is 0 Å². The Balaban J connectivity index is 4.12. The van der Waals surface area contributed by atoms with Crippen molar-refractivity contribution in [2.24, 2.45) is 0 Å². The number of unbranched alkanes of at least 4 members (excludes halogenated alkanes) is 2. The summed E-state index contributed by atoms with van der Waals surface area (Å²) < 4.78 is 0. The lowest BCUT2D eigenvalue weighted by Gasteiger charge is -2.15. The molecule has 0 fully saturated rings. The Bertz CT molecular complexity index is 314. The van der Waals surface area contributed by atoms with Crippen LogP contribution in [0.15, 0.2) is 0 Å². The molecule has 6 heteroatoms. The van der Waals surface area contributed by atoms with E-state index in [1.165, 1.54) is 6.92 Å². The third-order valence-electron chi connectivity index (χ3n) is 2.63. The SMILES string of the molecule is CCCCCC(=O)CC(=O)NC(C[C@@H](C)O)C(=O)O. The van der Waals surface area contributed by atoms with Crippen molar-refractivity contribution in [2.45, 2.75) is 64.5 Å². The van der Waals surface area contributed by atoms with Crippen LogP contribution in [0.1, 0.15) is 52.4 Å². The van der Waals surface area contributed by atoms with Crippen LogP contribution in [0, 0.1) is 0 Å². The van der Waals surface area contributed by atoms with E-state index in [2.05, 4.69) is 5.32 Å². The number of aliphatic hydroxyl groups excluding tert-OH is 1. The van der Waals surface area contributed by atoms with Crippen molar-refractivity contribution in [1.29, 1.82) is 0 Å². The van der Waals surface area contributed by atoms with E-state index < -0.39 is 24.0 Å². The molecule has 0 rings (SSSR count). The number of aliphatic hydroxyl groups is 1. The molecule has 0 saturated heterocycles. The molecule has 0 heterocycles. The highest BCUT2D eigenvalue weighted by atomic mass is 16.4. The van der Waals surface area contributed by atoms with Gasteiger partial charge in [-0.25, -0.2) is 4.79 Å². The number of Topliss-reactive ketones (excluding diaryl/α,β-unsaturated/α-hetero) is 1. The molecule has 0 aliphatic heterocycles. The Morgan fingerprint density at radius 3 is 2.32 bits per heavy atom. The molecule has 0 aromatic rings. The number of carboxylic acids is 1. The third-order valence-corrected chi connectivity index (χ3v) is 2.63. The van der Waals surface area contributed by atoms with Crippen molar-refractivity contribution in [3.8, 4) is 0 Å². The van der Waals surface area contributed by atoms with Gasteiger partial charge in [-0.3, -0.25) is 9.59 Å². The molecule has 0 aliphatic carbocycles. The van der Waals surface area contributed by atoms with Crippen molar-refractivity contribution in [2.75, 3.05) is 0 Å². The van der Waals surface area contributed by atoms with Crippen LogP contribution in [0.2, 0.25) is 0 Å². The Morgan fingerprint density at radius 1 is 1.21 bits per heavy atom. The lowest BCUT2D eigenvalue weighted by atomic mass is 10.1. The maximum atomic E-state index is 11.5. The molecule has 0 aliphatic rings. The smallest absolute Gasteiger partial charge is 0.326 e. The number of hydrogen-bond donors (Lipinski definition) is 3. The molecule has 19 heavy (non-hydrogen) atoms. The summed E-state index contributed by atoms with van der Waals surface area (Å²) >= 11 is 0. The number of hydrogen-bond acceptors (Lipinski definition) is 4. The fourth-order valence-electron chi connectivity index (χ4n) is 1.65. The molecule has 0 spiro atoms. The van der Waals surface area contributed by atoms with Crippen molar-refractivity contribution in [3.05, 3.63) is 0 Å². The molecule has 6 nitrogen and oxygen atoms in total. The highest BCUT2D eigenvalue weighted by Gasteiger charge is 2.22. The summed E-state index contributed by atoms with van der Waals surface area (Å²) in [6.45, 7) is 3.46. The first kappa shape index (κ1) is 17.6. The Hall–Kier alpha value is -1.43. The molecule has 1 amide bonds. The van der Waals surface area contributed by atoms with Crippen LogP contribution >= 0.6 is 0 Å². The van der Waals surface area contributed by atoms with Crippen molar-refractivity contribution >= 4 is 17.7 Å². The largest absolute Gasteiger partial charge is 0.480 e. The lowest BCUT2D eigenvalue weighted by molar-refractivity contribution is -0.143. The average molecular weight is 273 g/mol. The molecule has 2 atom stereocenters. The molecule has 110 valence electrons. The van der Waals surface area contributed by atoms with E-state index in [0.29, 0.717) is 6.42 Å². The van der Waals surface area contributed by atoms with Gasteiger partial charge in [-0.15, -0.1) is 0 Å². The normalized spacial score (nSPS) is 13.6. The molecule has 0 saturated carbocycles. The van der Waals surface area contributed by atoms with Crippen LogP contribution in [-0.2, 0) is 14.4 Å². The quantitative estimate of drug-likeness (QED) is 0.404. The van der Waals surface area contributed by atoms with Crippen LogP contribution in [0.5, 0.6) is 0 Å². The van der Waals surface area contributed by atoms with Crippen LogP contribution in [0.4, 0.5) is 0 Å². The van der Waals surface area contributed by atoms with E-state index in [1.54, 1.807) is 0 Å². The van der Waals surface area contributed by atoms with Gasteiger partial charge in [-0.1, -0.05) is 19.8 Å². The number of aliphatic carboxylic acids is 1. The van der Waals surface area contributed by atoms with Gasteiger partial charge < -0.3 is 15.5 Å². The number of ketones is 1. The minimum absolute atomic E-state index is 0.0783. The fourth-order valence-corrected chi connectivity index (χ4v) is 1.65. The van der Waals surface area contributed by atoms with Crippen LogP contribution in [-0.4, -0.2) is 40.0 Å². The Kier molecular flexibility index (Phi) is 8.78. The minimum atomic E-state index is -1.22. The molecule has 0 radical (unpaired) electrons. The van der Waals surface area contributed by atoms with Gasteiger partial charge in [0.2, 0.25) is 5.91 Å². The summed E-state index contributed by atoms with van der Waals surface area (Å²) in [5, 5.41) is 20.2. The molecule has 0 aromatic carbocycles. The minimum Gasteiger partial charge on any atom is -0.480 e. The van der Waals surface area contributed by atoms with Gasteiger partial charge in [-0.2, -0.15) is 0 Å². The summed E-state index contributed by atoms with van der Waals surface area (Å²) in [6, 6.07) is -1.16. The van der Waals surface area contributed by atoms with Crippen LogP contribution in [0.25, 0.3) is 0 Å². The van der Waals surface area contributed by atoms with Crippen LogP contribution < -0.4 is 5.32 Å². The summed E-state index contributed by atoms with van der Waals surface area (Å²) in [5.41, 5.74) is 0. The number of carbonyl (C=O) groups is 3. The maximum Gasteiger partial charge on any atom is 0.326 e. The molecular weight excluding hydrogens is 250 g/mol. The van der Waals surface area contributed by atoms with Gasteiger partial charge in [0, 0.05) is 12.8 Å². The predicted molar refractivity (Wildman–Crippen MR) is 69.6 cm³/mol. The zero-order chi connectivity index (χ0) is 14.8. The summed E-state index contributed by atoms with van der Waals surface area (Å²) in [6.07, 6.45) is 1.82. The van der Waals surface area contributed by atoms with Crippen molar-refractivity contribution in [3.63, 3.8) is 0 Å². The van der Waals surface area contributed by atoms with E-state index in [1.807, 2.05) is 6.92 Å². The average Bonchev–Trinajstić information content (AvgIpc) is 2.27. The van der Waals surface area contributed by atoms with E-state index in [4.69, 9.17) is 10.2 Å². The second kappa shape index (κ2) is 9.49. The molecule has 0 bridgehead atoms. The topological polar surface area (TPSA) is 104 Å². The maximum absolute atomic E-state index is 11.5. The number of carboxylic acid groups (broad SMARTS) is 1. The standard InChI is InChI=1S/C13H23NO5/c1-3-4-5-6-10(16)8-12(17)14-11(13(18)19)7-9(2)15/h9,11,15H,3-8H2,1-2H3,(H,14,17)(H,18,19)/t9-,11?/m1/s1. The highest BCUT2D eigenvalue weighted by molar-refractivity contribution is 5.99. The first-order valence-electron chi connectivity index (χ1n) is 6.58. The van der Waals surface area contributed by atoms with E-state index in [0.717, 1.165) is 19.3 Å². The molecule has 0 aromatic heterocycles. The number of rotatable bonds is 10. The Labute approximate surface area is 113 Å². The summed E-state index contributed by atoms with van der Waals surface area (Å²) in [5.74, 6) is -2.01.